The predicted octanol–water partition coefficient (Wildman–Crippen LogP) is 1.47. The number of hydrogen-bond acceptors (Lipinski definition) is 5. The highest BCUT2D eigenvalue weighted by Gasteiger charge is 2.46. The van der Waals surface area contributed by atoms with E-state index in [1.54, 1.807) is 13.0 Å². The molecule has 0 unspecified atom stereocenters. The summed E-state index contributed by atoms with van der Waals surface area (Å²) in [5, 5.41) is 6.58. The van der Waals surface area contributed by atoms with E-state index in [2.05, 4.69) is 15.5 Å². The van der Waals surface area contributed by atoms with Crippen LogP contribution in [0.1, 0.15) is 18.7 Å². The molecule has 1 amide bonds. The van der Waals surface area contributed by atoms with Gasteiger partial charge in [-0.2, -0.15) is 4.98 Å². The number of aromatic nitrogens is 2. The molecule has 0 radical (unpaired) electrons. The van der Waals surface area contributed by atoms with E-state index in [1.807, 2.05) is 18.2 Å². The Hall–Kier alpha value is -2.21. The maximum Gasteiger partial charge on any atom is 0.260 e. The fraction of sp³-hybridized carbons (Fsp3) is 0.308. The van der Waals surface area contributed by atoms with Crippen molar-refractivity contribution in [3.05, 3.63) is 30.1 Å². The van der Waals surface area contributed by atoms with Crippen molar-refractivity contribution in [2.24, 2.45) is 5.73 Å². The van der Waals surface area contributed by atoms with Crippen LogP contribution in [-0.2, 0) is 4.79 Å². The first-order chi connectivity index (χ1) is 9.08. The van der Waals surface area contributed by atoms with Crippen molar-refractivity contribution in [1.82, 2.24) is 10.1 Å². The largest absolute Gasteiger partial charge is 0.334 e. The smallest absolute Gasteiger partial charge is 0.260 e. The van der Waals surface area contributed by atoms with Crippen LogP contribution >= 0.6 is 0 Å². The first-order valence-electron chi connectivity index (χ1n) is 6.08. The minimum atomic E-state index is -0.710. The first kappa shape index (κ1) is 11.9. The minimum absolute atomic E-state index is 0.170. The summed E-state index contributed by atoms with van der Waals surface area (Å²) in [6.45, 7) is 1.74. The molecule has 19 heavy (non-hydrogen) atoms. The third-order valence-corrected chi connectivity index (χ3v) is 3.17. The Morgan fingerprint density at radius 2 is 2.16 bits per heavy atom. The van der Waals surface area contributed by atoms with Crippen LogP contribution in [0.2, 0.25) is 0 Å². The second kappa shape index (κ2) is 4.17. The lowest BCUT2D eigenvalue weighted by Crippen LogP contribution is -2.37. The number of anilines is 1. The van der Waals surface area contributed by atoms with E-state index >= 15 is 0 Å². The van der Waals surface area contributed by atoms with Crippen LogP contribution in [0.4, 0.5) is 5.69 Å². The second-order valence-electron chi connectivity index (χ2n) is 4.80. The van der Waals surface area contributed by atoms with Crippen LogP contribution in [0.3, 0.4) is 0 Å². The van der Waals surface area contributed by atoms with Gasteiger partial charge in [0.25, 0.3) is 5.89 Å². The van der Waals surface area contributed by atoms with Crippen molar-refractivity contribution in [3.63, 3.8) is 0 Å². The summed E-state index contributed by atoms with van der Waals surface area (Å²) in [6.07, 6.45) is 1.45. The number of carbonyl (C=O) groups excluding carboxylic acids is 1. The van der Waals surface area contributed by atoms with E-state index in [0.29, 0.717) is 23.0 Å². The van der Waals surface area contributed by atoms with Gasteiger partial charge in [0.15, 0.2) is 5.82 Å². The van der Waals surface area contributed by atoms with Gasteiger partial charge in [0.1, 0.15) is 0 Å². The van der Waals surface area contributed by atoms with Crippen LogP contribution in [-0.4, -0.2) is 21.6 Å². The quantitative estimate of drug-likeness (QED) is 0.869. The summed E-state index contributed by atoms with van der Waals surface area (Å²) in [4.78, 5) is 16.1. The number of rotatable bonds is 3. The Morgan fingerprint density at radius 1 is 1.42 bits per heavy atom. The van der Waals surface area contributed by atoms with Gasteiger partial charge in [0.2, 0.25) is 5.91 Å². The third kappa shape index (κ3) is 2.22. The zero-order valence-electron chi connectivity index (χ0n) is 10.5. The maximum atomic E-state index is 12.0. The van der Waals surface area contributed by atoms with Gasteiger partial charge in [-0.15, -0.1) is 0 Å². The molecule has 0 bridgehead atoms. The van der Waals surface area contributed by atoms with Crippen LogP contribution in [0.15, 0.2) is 28.8 Å². The predicted molar refractivity (Wildman–Crippen MR) is 69.3 cm³/mol. The lowest BCUT2D eigenvalue weighted by molar-refractivity contribution is -0.118. The molecule has 1 heterocycles. The topological polar surface area (TPSA) is 94.0 Å². The summed E-state index contributed by atoms with van der Waals surface area (Å²) in [5.74, 6) is 0.764. The lowest BCUT2D eigenvalue weighted by Gasteiger charge is -2.12. The number of benzene rings is 1. The van der Waals surface area contributed by atoms with Gasteiger partial charge in [-0.25, -0.2) is 0 Å². The monoisotopic (exact) mass is 258 g/mol. The zero-order chi connectivity index (χ0) is 13.5. The second-order valence-corrected chi connectivity index (χ2v) is 4.80. The molecule has 0 saturated heterocycles. The number of aryl methyl sites for hydroxylation is 1. The minimum Gasteiger partial charge on any atom is -0.334 e. The summed E-state index contributed by atoms with van der Waals surface area (Å²) in [6, 6.07) is 7.29. The van der Waals surface area contributed by atoms with Gasteiger partial charge >= 0.3 is 0 Å². The van der Waals surface area contributed by atoms with Crippen LogP contribution < -0.4 is 11.1 Å². The molecule has 0 atom stereocenters. The molecule has 2 aromatic rings. The van der Waals surface area contributed by atoms with E-state index in [4.69, 9.17) is 10.3 Å². The normalized spacial score (nSPS) is 16.1. The molecule has 3 N–H and O–H groups in total. The maximum absolute atomic E-state index is 12.0. The number of nitrogens with two attached hydrogens (primary N) is 1. The van der Waals surface area contributed by atoms with E-state index in [-0.39, 0.29) is 5.91 Å². The number of carbonyl (C=O) groups is 1. The molecule has 6 nitrogen and oxygen atoms in total. The van der Waals surface area contributed by atoms with E-state index in [1.165, 1.54) is 0 Å². The summed E-state index contributed by atoms with van der Waals surface area (Å²) in [5.41, 5.74) is 6.48. The summed E-state index contributed by atoms with van der Waals surface area (Å²) < 4.78 is 5.13. The van der Waals surface area contributed by atoms with Gasteiger partial charge in [0.05, 0.1) is 16.8 Å². The molecule has 1 saturated carbocycles. The zero-order valence-corrected chi connectivity index (χ0v) is 10.5. The highest BCUT2D eigenvalue weighted by molar-refractivity contribution is 6.02. The highest BCUT2D eigenvalue weighted by Crippen LogP contribution is 2.34. The molecular formula is C13H14N4O2. The Balaban J connectivity index is 1.91. The number of hydrogen-bond donors (Lipinski definition) is 2. The number of nitrogens with one attached hydrogen (secondary N) is 1. The average molecular weight is 258 g/mol. The van der Waals surface area contributed by atoms with Crippen molar-refractivity contribution in [3.8, 4) is 11.5 Å². The van der Waals surface area contributed by atoms with Crippen molar-refractivity contribution < 1.29 is 9.32 Å². The van der Waals surface area contributed by atoms with Crippen molar-refractivity contribution in [2.45, 2.75) is 25.3 Å². The summed E-state index contributed by atoms with van der Waals surface area (Å²) >= 11 is 0. The molecule has 1 aromatic heterocycles. The van der Waals surface area contributed by atoms with E-state index in [0.717, 1.165) is 12.8 Å². The fourth-order valence-electron chi connectivity index (χ4n) is 1.79. The summed E-state index contributed by atoms with van der Waals surface area (Å²) in [7, 11) is 0. The molecule has 0 aliphatic heterocycles. The SMILES string of the molecule is Cc1noc(-c2ccccc2NC(=O)C2(N)CC2)n1. The Labute approximate surface area is 110 Å². The van der Waals surface area contributed by atoms with E-state index in [9.17, 15) is 4.79 Å². The van der Waals surface area contributed by atoms with Gasteiger partial charge in [-0.1, -0.05) is 17.3 Å². The van der Waals surface area contributed by atoms with Gasteiger partial charge < -0.3 is 15.6 Å². The first-order valence-corrected chi connectivity index (χ1v) is 6.08. The fourth-order valence-corrected chi connectivity index (χ4v) is 1.79. The molecule has 0 spiro atoms. The Morgan fingerprint density at radius 3 is 2.79 bits per heavy atom. The molecule has 1 aliphatic carbocycles. The number of amides is 1. The molecule has 3 rings (SSSR count). The number of nitrogens with zero attached hydrogens (tertiary/aromatic N) is 2. The third-order valence-electron chi connectivity index (χ3n) is 3.17. The molecule has 1 aromatic carbocycles. The standard InChI is InChI=1S/C13H14N4O2/c1-8-15-11(19-17-8)9-4-2-3-5-10(9)16-12(18)13(14)6-7-13/h2-5H,6-7,14H2,1H3,(H,16,18). The molecular weight excluding hydrogens is 244 g/mol. The van der Waals surface area contributed by atoms with Crippen molar-refractivity contribution in [2.75, 3.05) is 5.32 Å². The van der Waals surface area contributed by atoms with Gasteiger partial charge in [0, 0.05) is 0 Å². The Bertz CT molecular complexity index is 631. The molecule has 1 fully saturated rings. The lowest BCUT2D eigenvalue weighted by atomic mass is 10.1. The van der Waals surface area contributed by atoms with E-state index < -0.39 is 5.54 Å². The van der Waals surface area contributed by atoms with Crippen LogP contribution in [0.5, 0.6) is 0 Å². The van der Waals surface area contributed by atoms with Crippen molar-refractivity contribution >= 4 is 11.6 Å². The van der Waals surface area contributed by atoms with Crippen LogP contribution in [0, 0.1) is 6.92 Å². The molecule has 98 valence electrons. The molecule has 6 heteroatoms. The molecule has 1 aliphatic rings. The number of para-hydroxylation sites is 1. The average Bonchev–Trinajstić information content (AvgIpc) is 3.00. The van der Waals surface area contributed by atoms with Gasteiger partial charge in [-0.3, -0.25) is 4.79 Å². The van der Waals surface area contributed by atoms with Crippen LogP contribution in [0.25, 0.3) is 11.5 Å². The highest BCUT2D eigenvalue weighted by atomic mass is 16.5. The Kier molecular flexibility index (Phi) is 2.60. The van der Waals surface area contributed by atoms with Crippen molar-refractivity contribution in [1.29, 1.82) is 0 Å². The van der Waals surface area contributed by atoms with Gasteiger partial charge in [-0.05, 0) is 31.9 Å².